The zero-order valence-electron chi connectivity index (χ0n) is 8.65. The van der Waals surface area contributed by atoms with Crippen molar-refractivity contribution in [3.8, 4) is 0 Å². The molecule has 1 aliphatic carbocycles. The van der Waals surface area contributed by atoms with Crippen LogP contribution in [0.5, 0.6) is 0 Å². The Morgan fingerprint density at radius 3 is 2.62 bits per heavy atom. The van der Waals surface area contributed by atoms with Crippen molar-refractivity contribution in [3.63, 3.8) is 0 Å². The van der Waals surface area contributed by atoms with Crippen LogP contribution in [0.3, 0.4) is 0 Å². The van der Waals surface area contributed by atoms with Gasteiger partial charge in [0, 0.05) is 11.6 Å². The second-order valence-electron chi connectivity index (χ2n) is 4.01. The molecule has 0 saturated heterocycles. The average molecular weight is 175 g/mol. The zero-order chi connectivity index (χ0) is 10.1. The van der Waals surface area contributed by atoms with Crippen LogP contribution in [-0.2, 0) is 0 Å². The van der Waals surface area contributed by atoms with Crippen molar-refractivity contribution in [2.75, 3.05) is 0 Å². The van der Waals surface area contributed by atoms with Crippen LogP contribution in [0.25, 0.3) is 0 Å². The van der Waals surface area contributed by atoms with E-state index in [4.69, 9.17) is 5.41 Å². The van der Waals surface area contributed by atoms with E-state index in [0.717, 1.165) is 12.0 Å². The van der Waals surface area contributed by atoms with E-state index in [-0.39, 0.29) is 5.41 Å². The summed E-state index contributed by atoms with van der Waals surface area (Å²) in [7, 11) is 0. The zero-order valence-corrected chi connectivity index (χ0v) is 8.65. The molecule has 0 aromatic rings. The van der Waals surface area contributed by atoms with Gasteiger partial charge in [-0.2, -0.15) is 0 Å². The molecule has 0 heterocycles. The predicted molar refractivity (Wildman–Crippen MR) is 58.2 cm³/mol. The van der Waals surface area contributed by atoms with Crippen LogP contribution in [0.4, 0.5) is 0 Å². The van der Waals surface area contributed by atoms with Crippen molar-refractivity contribution < 1.29 is 0 Å². The van der Waals surface area contributed by atoms with Crippen molar-refractivity contribution >= 4 is 6.21 Å². The van der Waals surface area contributed by atoms with Crippen LogP contribution < -0.4 is 0 Å². The lowest BCUT2D eigenvalue weighted by Crippen LogP contribution is -2.23. The summed E-state index contributed by atoms with van der Waals surface area (Å²) in [5.41, 5.74) is 3.71. The largest absolute Gasteiger partial charge is 0.312 e. The molecule has 70 valence electrons. The Labute approximate surface area is 80.4 Å². The van der Waals surface area contributed by atoms with Gasteiger partial charge in [-0.25, -0.2) is 0 Å². The van der Waals surface area contributed by atoms with Crippen LogP contribution >= 0.6 is 0 Å². The average Bonchev–Trinajstić information content (AvgIpc) is 2.11. The summed E-state index contributed by atoms with van der Waals surface area (Å²) < 4.78 is 0. The molecule has 1 unspecified atom stereocenters. The predicted octanol–water partition coefficient (Wildman–Crippen LogP) is 3.49. The van der Waals surface area contributed by atoms with Crippen LogP contribution in [0, 0.1) is 10.8 Å². The molecular formula is C12H17N. The molecule has 0 fully saturated rings. The van der Waals surface area contributed by atoms with Gasteiger partial charge in [-0.1, -0.05) is 36.8 Å². The van der Waals surface area contributed by atoms with Crippen LogP contribution in [0.2, 0.25) is 0 Å². The monoisotopic (exact) mass is 175 g/mol. The van der Waals surface area contributed by atoms with E-state index in [0.29, 0.717) is 0 Å². The fourth-order valence-corrected chi connectivity index (χ4v) is 1.74. The highest BCUT2D eigenvalue weighted by atomic mass is 14.4. The van der Waals surface area contributed by atoms with Gasteiger partial charge in [0.2, 0.25) is 0 Å². The second kappa shape index (κ2) is 3.33. The van der Waals surface area contributed by atoms with Gasteiger partial charge in [0.15, 0.2) is 0 Å². The maximum atomic E-state index is 7.45. The highest BCUT2D eigenvalue weighted by Gasteiger charge is 2.28. The fourth-order valence-electron chi connectivity index (χ4n) is 1.74. The Morgan fingerprint density at radius 1 is 1.54 bits per heavy atom. The minimum Gasteiger partial charge on any atom is -0.312 e. The minimum absolute atomic E-state index is 0.134. The van der Waals surface area contributed by atoms with Gasteiger partial charge in [-0.3, -0.25) is 0 Å². The normalized spacial score (nSPS) is 28.4. The Hall–Kier alpha value is -1.11. The molecule has 0 radical (unpaired) electrons. The first kappa shape index (κ1) is 9.97. The lowest BCUT2D eigenvalue weighted by Gasteiger charge is -2.31. The third kappa shape index (κ3) is 1.64. The molecule has 1 aliphatic rings. The van der Waals surface area contributed by atoms with Crippen LogP contribution in [0.1, 0.15) is 27.2 Å². The first-order valence-electron chi connectivity index (χ1n) is 4.56. The van der Waals surface area contributed by atoms with E-state index in [9.17, 15) is 0 Å². The molecule has 0 amide bonds. The molecule has 0 aromatic heterocycles. The maximum absolute atomic E-state index is 7.45. The Kier molecular flexibility index (Phi) is 2.55. The van der Waals surface area contributed by atoms with Crippen LogP contribution in [-0.4, -0.2) is 6.21 Å². The summed E-state index contributed by atoms with van der Waals surface area (Å²) in [5.74, 6) is 0. The van der Waals surface area contributed by atoms with Gasteiger partial charge in [-0.15, -0.1) is 0 Å². The van der Waals surface area contributed by atoms with Gasteiger partial charge < -0.3 is 5.41 Å². The molecule has 0 bridgehead atoms. The van der Waals surface area contributed by atoms with E-state index in [1.807, 2.05) is 6.08 Å². The first-order chi connectivity index (χ1) is 6.03. The summed E-state index contributed by atoms with van der Waals surface area (Å²) in [6.45, 7) is 10.1. The van der Waals surface area contributed by atoms with Gasteiger partial charge >= 0.3 is 0 Å². The van der Waals surface area contributed by atoms with Crippen LogP contribution in [0.15, 0.2) is 35.5 Å². The standard InChI is InChI=1S/C12H17N/c1-5-11-6-9(2)10(3)7-12(11,4)8-13/h5-6,8,13H,1,7H2,2-4H3. The van der Waals surface area contributed by atoms with Gasteiger partial charge in [-0.05, 0) is 25.8 Å². The SMILES string of the molecule is C=CC1=CC(C)=C(C)CC1(C)C=N. The van der Waals surface area contributed by atoms with Crippen molar-refractivity contribution in [2.45, 2.75) is 27.2 Å². The third-order valence-corrected chi connectivity index (χ3v) is 2.88. The molecule has 1 atom stereocenters. The molecule has 1 heteroatoms. The van der Waals surface area contributed by atoms with E-state index in [1.54, 1.807) is 0 Å². The lowest BCUT2D eigenvalue weighted by molar-refractivity contribution is 0.561. The number of rotatable bonds is 2. The summed E-state index contributed by atoms with van der Waals surface area (Å²) in [5, 5.41) is 7.45. The smallest absolute Gasteiger partial charge is 0.0308 e. The lowest BCUT2D eigenvalue weighted by atomic mass is 9.73. The Balaban J connectivity index is 3.18. The highest BCUT2D eigenvalue weighted by Crippen LogP contribution is 2.38. The number of nitrogens with one attached hydrogen (secondary N) is 1. The summed E-state index contributed by atoms with van der Waals surface area (Å²) in [6.07, 6.45) is 6.47. The third-order valence-electron chi connectivity index (χ3n) is 2.88. The van der Waals surface area contributed by atoms with Crippen molar-refractivity contribution in [2.24, 2.45) is 5.41 Å². The number of allylic oxidation sites excluding steroid dienone is 5. The molecule has 1 nitrogen and oxygen atoms in total. The minimum atomic E-state index is -0.134. The van der Waals surface area contributed by atoms with Crippen molar-refractivity contribution in [1.29, 1.82) is 5.41 Å². The fraction of sp³-hybridized carbons (Fsp3) is 0.417. The van der Waals surface area contributed by atoms with Gasteiger partial charge in [0.25, 0.3) is 0 Å². The van der Waals surface area contributed by atoms with E-state index in [1.165, 1.54) is 17.4 Å². The summed E-state index contributed by atoms with van der Waals surface area (Å²) >= 11 is 0. The van der Waals surface area contributed by atoms with E-state index >= 15 is 0 Å². The Bertz CT molecular complexity index is 307. The molecule has 0 aromatic carbocycles. The summed E-state index contributed by atoms with van der Waals surface area (Å²) in [6, 6.07) is 0. The van der Waals surface area contributed by atoms with E-state index < -0.39 is 0 Å². The number of hydrogen-bond donors (Lipinski definition) is 1. The van der Waals surface area contributed by atoms with Crippen molar-refractivity contribution in [1.82, 2.24) is 0 Å². The molecule has 0 aliphatic heterocycles. The highest BCUT2D eigenvalue weighted by molar-refractivity contribution is 5.71. The molecular weight excluding hydrogens is 158 g/mol. The number of hydrogen-bond acceptors (Lipinski definition) is 1. The van der Waals surface area contributed by atoms with Gasteiger partial charge in [0.1, 0.15) is 0 Å². The topological polar surface area (TPSA) is 23.9 Å². The maximum Gasteiger partial charge on any atom is 0.0308 e. The molecule has 0 saturated carbocycles. The Morgan fingerprint density at radius 2 is 2.15 bits per heavy atom. The van der Waals surface area contributed by atoms with E-state index in [2.05, 4.69) is 33.4 Å². The summed E-state index contributed by atoms with van der Waals surface area (Å²) in [4.78, 5) is 0. The molecule has 1 rings (SSSR count). The molecule has 13 heavy (non-hydrogen) atoms. The second-order valence-corrected chi connectivity index (χ2v) is 4.01. The van der Waals surface area contributed by atoms with Crippen molar-refractivity contribution in [3.05, 3.63) is 35.5 Å². The van der Waals surface area contributed by atoms with Gasteiger partial charge in [0.05, 0.1) is 0 Å². The molecule has 1 N–H and O–H groups in total. The first-order valence-corrected chi connectivity index (χ1v) is 4.56. The quantitative estimate of drug-likeness (QED) is 0.621. The molecule has 0 spiro atoms.